The van der Waals surface area contributed by atoms with Crippen molar-refractivity contribution in [3.63, 3.8) is 0 Å². The van der Waals surface area contributed by atoms with Crippen LogP contribution in [0.1, 0.15) is 0 Å². The second-order valence-electron chi connectivity index (χ2n) is 6.88. The quantitative estimate of drug-likeness (QED) is 0.169. The first-order chi connectivity index (χ1) is 16.8. The van der Waals surface area contributed by atoms with E-state index in [4.69, 9.17) is 4.65 Å². The average molecular weight is 637 g/mol. The summed E-state index contributed by atoms with van der Waals surface area (Å²) in [5.74, 6) is 0. The van der Waals surface area contributed by atoms with Crippen LogP contribution in [-0.2, 0) is 32.1 Å². The number of imidazole rings is 1. The Labute approximate surface area is 217 Å². The molecular formula is C24H23BN8ORe-. The van der Waals surface area contributed by atoms with Crippen molar-refractivity contribution < 1.29 is 25.1 Å². The molecule has 9 nitrogen and oxygen atoms in total. The Hall–Kier alpha value is -3.99. The molecule has 4 aromatic heterocycles. The van der Waals surface area contributed by atoms with Gasteiger partial charge in [-0.2, -0.15) is 0 Å². The second-order valence-corrected chi connectivity index (χ2v) is 6.88. The standard InChI is InChI=1S/C10H8.C9H9BN6.C4H6N2.CO.Re/c1-2-6-10-8-4-3-7-9(10)5-1;1-4-11-14(7-1)10(15-8-2-5-12-15)16-9-3-6-13-16;1-6-3-2-5-4-6;1-2;/h1-8H;1-9H;2-4H,1H3;;/q;-1;;;. The number of hydrogen-bond acceptors (Lipinski definition) is 4. The van der Waals surface area contributed by atoms with Crippen LogP contribution in [0.25, 0.3) is 10.8 Å². The Morgan fingerprint density at radius 1 is 0.629 bits per heavy atom. The predicted octanol–water partition coefficient (Wildman–Crippen LogP) is 3.43. The van der Waals surface area contributed by atoms with Crippen LogP contribution in [0.4, 0.5) is 0 Å². The minimum atomic E-state index is -0.194. The molecule has 2 aromatic carbocycles. The normalized spacial score (nSPS) is 9.49. The molecule has 0 saturated carbocycles. The van der Waals surface area contributed by atoms with Crippen LogP contribution < -0.4 is 0 Å². The van der Waals surface area contributed by atoms with Gasteiger partial charge in [0, 0.05) is 58.5 Å². The summed E-state index contributed by atoms with van der Waals surface area (Å²) in [5.41, 5.74) is 0. The molecule has 6 rings (SSSR count). The topological polar surface area (TPSA) is 91.2 Å². The molecule has 0 aliphatic carbocycles. The van der Waals surface area contributed by atoms with Gasteiger partial charge in [0.05, 0.1) is 6.33 Å². The van der Waals surface area contributed by atoms with Crippen LogP contribution in [-0.4, -0.2) is 45.7 Å². The number of hydrogen-bond donors (Lipinski definition) is 0. The Balaban J connectivity index is 0.000000195. The van der Waals surface area contributed by atoms with Gasteiger partial charge in [-0.05, 0) is 47.6 Å². The second kappa shape index (κ2) is 15.0. The fraction of sp³-hybridized carbons (Fsp3) is 0.0417. The van der Waals surface area contributed by atoms with Gasteiger partial charge in [0.25, 0.3) is 7.12 Å². The van der Waals surface area contributed by atoms with Gasteiger partial charge in [0.15, 0.2) is 0 Å². The van der Waals surface area contributed by atoms with Crippen LogP contribution in [0, 0.1) is 6.65 Å². The summed E-state index contributed by atoms with van der Waals surface area (Å²) < 4.78 is 14.8. The molecule has 0 aliphatic rings. The number of aryl methyl sites for hydroxylation is 1. The van der Waals surface area contributed by atoms with Gasteiger partial charge in [-0.3, -0.25) is 0 Å². The minimum absolute atomic E-state index is 0. The van der Waals surface area contributed by atoms with Gasteiger partial charge in [0.2, 0.25) is 0 Å². The summed E-state index contributed by atoms with van der Waals surface area (Å²) in [5, 5.41) is 15.3. The van der Waals surface area contributed by atoms with E-state index in [0.717, 1.165) is 0 Å². The maximum absolute atomic E-state index is 7.50. The van der Waals surface area contributed by atoms with E-state index in [0.29, 0.717) is 0 Å². The number of rotatable bonds is 3. The third kappa shape index (κ3) is 8.07. The van der Waals surface area contributed by atoms with Crippen molar-refractivity contribution in [2.75, 3.05) is 0 Å². The summed E-state index contributed by atoms with van der Waals surface area (Å²) in [4.78, 5) is 3.78. The van der Waals surface area contributed by atoms with Crippen molar-refractivity contribution in [3.8, 4) is 0 Å². The molecule has 11 heteroatoms. The number of nitrogens with zero attached hydrogens (tertiary/aromatic N) is 8. The first-order valence-electron chi connectivity index (χ1n) is 10.3. The van der Waals surface area contributed by atoms with Crippen LogP contribution in [0.15, 0.2) is 123 Å². The molecule has 0 spiro atoms. The Bertz CT molecular complexity index is 1190. The fourth-order valence-corrected chi connectivity index (χ4v) is 3.07. The average Bonchev–Trinajstić information content (AvgIpc) is 3.72. The van der Waals surface area contributed by atoms with Gasteiger partial charge in [-0.25, -0.2) is 20.3 Å². The van der Waals surface area contributed by atoms with Crippen molar-refractivity contribution in [3.05, 3.63) is 129 Å². The Morgan fingerprint density at radius 2 is 1.03 bits per heavy atom. The smallest absolute Gasteiger partial charge is 0.260 e. The van der Waals surface area contributed by atoms with Gasteiger partial charge < -0.3 is 18.3 Å². The van der Waals surface area contributed by atoms with Crippen molar-refractivity contribution in [1.82, 2.24) is 38.6 Å². The van der Waals surface area contributed by atoms with E-state index in [1.54, 1.807) is 44.9 Å². The first-order valence-corrected chi connectivity index (χ1v) is 10.3. The molecule has 0 saturated heterocycles. The molecule has 0 amide bonds. The predicted molar refractivity (Wildman–Crippen MR) is 130 cm³/mol. The van der Waals surface area contributed by atoms with Crippen molar-refractivity contribution >= 4 is 17.9 Å². The van der Waals surface area contributed by atoms with Gasteiger partial charge in [-0.1, -0.05) is 48.5 Å². The zero-order chi connectivity index (χ0) is 24.0. The van der Waals surface area contributed by atoms with E-state index in [1.165, 1.54) is 10.8 Å². The fourth-order valence-electron chi connectivity index (χ4n) is 3.07. The van der Waals surface area contributed by atoms with E-state index in [9.17, 15) is 0 Å². The van der Waals surface area contributed by atoms with E-state index in [2.05, 4.69) is 75.5 Å². The SMILES string of the molecule is Cn1ccnc1.[C-]#[O+].[Re].c1ccc2ccccc2c1.c1cnn([B-](n2cccn2)n2cccn2)c1. The minimum Gasteiger partial charge on any atom is -0.425 e. The van der Waals surface area contributed by atoms with Gasteiger partial charge in [-0.15, -0.1) is 0 Å². The molecule has 0 bridgehead atoms. The third-order valence-corrected chi connectivity index (χ3v) is 4.58. The molecule has 0 fully saturated rings. The Morgan fingerprint density at radius 3 is 1.26 bits per heavy atom. The molecule has 0 aliphatic heterocycles. The van der Waals surface area contributed by atoms with E-state index in [1.807, 2.05) is 54.6 Å². The summed E-state index contributed by atoms with van der Waals surface area (Å²) in [6, 6.07) is 22.3. The Kier molecular flexibility index (Phi) is 11.7. The van der Waals surface area contributed by atoms with Crippen LogP contribution in [0.5, 0.6) is 0 Å². The van der Waals surface area contributed by atoms with Crippen LogP contribution >= 0.6 is 0 Å². The summed E-state index contributed by atoms with van der Waals surface area (Å²) >= 11 is 0. The number of benzene rings is 2. The van der Waals surface area contributed by atoms with Crippen LogP contribution in [0.3, 0.4) is 0 Å². The van der Waals surface area contributed by atoms with Crippen molar-refractivity contribution in [2.24, 2.45) is 7.05 Å². The number of aromatic nitrogens is 8. The monoisotopic (exact) mass is 637 g/mol. The van der Waals surface area contributed by atoms with Crippen molar-refractivity contribution in [2.45, 2.75) is 0 Å². The summed E-state index contributed by atoms with van der Waals surface area (Å²) in [6.45, 7) is 4.50. The third-order valence-electron chi connectivity index (χ3n) is 4.58. The molecule has 6 aromatic rings. The molecule has 4 heterocycles. The summed E-state index contributed by atoms with van der Waals surface area (Å²) in [7, 11) is 1.74. The van der Waals surface area contributed by atoms with Gasteiger partial charge in [0.1, 0.15) is 0 Å². The molecule has 2 radical (unpaired) electrons. The largest absolute Gasteiger partial charge is 0.425 e. The summed E-state index contributed by atoms with van der Waals surface area (Å²) in [6.07, 6.45) is 16.2. The molecule has 35 heavy (non-hydrogen) atoms. The maximum atomic E-state index is 7.50. The first kappa shape index (κ1) is 27.3. The van der Waals surface area contributed by atoms with Gasteiger partial charge >= 0.3 is 11.3 Å². The molecule has 176 valence electrons. The van der Waals surface area contributed by atoms with Crippen LogP contribution in [0.2, 0.25) is 0 Å². The zero-order valence-corrected chi connectivity index (χ0v) is 21.7. The molecule has 0 N–H and O–H groups in total. The zero-order valence-electron chi connectivity index (χ0n) is 19.0. The van der Waals surface area contributed by atoms with E-state index >= 15 is 0 Å². The van der Waals surface area contributed by atoms with E-state index in [-0.39, 0.29) is 27.5 Å². The molecule has 0 unspecified atom stereocenters. The number of fused-ring (bicyclic) bond motifs is 1. The van der Waals surface area contributed by atoms with E-state index < -0.39 is 0 Å². The molecular weight excluding hydrogens is 613 g/mol. The maximum Gasteiger partial charge on any atom is 0.260 e. The molecule has 0 atom stereocenters. The van der Waals surface area contributed by atoms with Crippen molar-refractivity contribution in [1.29, 1.82) is 0 Å².